The second-order valence-electron chi connectivity index (χ2n) is 5.16. The Kier molecular flexibility index (Phi) is 4.12. The van der Waals surface area contributed by atoms with E-state index in [4.69, 9.17) is 11.6 Å². The van der Waals surface area contributed by atoms with Crippen LogP contribution in [0.1, 0.15) is 0 Å². The van der Waals surface area contributed by atoms with Crippen molar-refractivity contribution in [1.82, 2.24) is 0 Å². The van der Waals surface area contributed by atoms with Crippen molar-refractivity contribution in [3.8, 4) is 0 Å². The average Bonchev–Trinajstić information content (AvgIpc) is 2.86. The number of nitrogens with one attached hydrogen (secondary N) is 1. The van der Waals surface area contributed by atoms with Crippen molar-refractivity contribution in [3.05, 3.63) is 59.6 Å². The summed E-state index contributed by atoms with van der Waals surface area (Å²) in [7, 11) is 0. The van der Waals surface area contributed by atoms with E-state index in [9.17, 15) is 14.4 Å². The first-order valence-electron chi connectivity index (χ1n) is 7.03. The third kappa shape index (κ3) is 3.10. The lowest BCUT2D eigenvalue weighted by Crippen LogP contribution is -2.29. The largest absolute Gasteiger partial charge is 0.325 e. The Balaban J connectivity index is 1.75. The number of halogens is 1. The van der Waals surface area contributed by atoms with Crippen LogP contribution in [0.2, 0.25) is 5.02 Å². The molecule has 1 atom stereocenters. The molecule has 1 heterocycles. The molecule has 116 valence electrons. The second-order valence-corrected chi connectivity index (χ2v) is 5.60. The summed E-state index contributed by atoms with van der Waals surface area (Å²) >= 11 is 5.79. The topological polar surface area (TPSA) is 66.5 Å². The summed E-state index contributed by atoms with van der Waals surface area (Å²) in [6.45, 7) is 0.0428. The third-order valence-electron chi connectivity index (χ3n) is 3.63. The molecule has 3 rings (SSSR count). The Morgan fingerprint density at radius 2 is 1.70 bits per heavy atom. The summed E-state index contributed by atoms with van der Waals surface area (Å²) in [5, 5.41) is 3.18. The van der Waals surface area contributed by atoms with E-state index >= 15 is 0 Å². The summed E-state index contributed by atoms with van der Waals surface area (Å²) in [5.74, 6) is -2.87. The molecule has 0 aliphatic carbocycles. The minimum Gasteiger partial charge on any atom is -0.325 e. The van der Waals surface area contributed by atoms with Crippen LogP contribution in [0.5, 0.6) is 0 Å². The van der Waals surface area contributed by atoms with Gasteiger partial charge >= 0.3 is 0 Å². The minimum atomic E-state index is -1.02. The summed E-state index contributed by atoms with van der Waals surface area (Å²) in [6, 6.07) is 15.4. The van der Waals surface area contributed by atoms with Gasteiger partial charge in [0, 0.05) is 22.9 Å². The highest BCUT2D eigenvalue weighted by Gasteiger charge is 2.43. The van der Waals surface area contributed by atoms with Gasteiger partial charge in [0.2, 0.25) is 11.7 Å². The van der Waals surface area contributed by atoms with Gasteiger partial charge in [-0.2, -0.15) is 0 Å². The highest BCUT2D eigenvalue weighted by Crippen LogP contribution is 2.24. The van der Waals surface area contributed by atoms with E-state index in [0.29, 0.717) is 16.4 Å². The number of carbonyl (C=O) groups is 3. The summed E-state index contributed by atoms with van der Waals surface area (Å²) in [4.78, 5) is 37.8. The van der Waals surface area contributed by atoms with E-state index in [-0.39, 0.29) is 6.54 Å². The minimum absolute atomic E-state index is 0.0428. The standard InChI is InChI=1S/C17H13ClN2O3/c18-11-6-8-12(9-7-11)19-16(22)14-10-20(17(23)15(14)21)13-4-2-1-3-5-13/h1-9,14H,10H2,(H,19,22). The summed E-state index contributed by atoms with van der Waals surface area (Å²) in [6.07, 6.45) is 0. The van der Waals surface area contributed by atoms with Crippen molar-refractivity contribution in [3.63, 3.8) is 0 Å². The lowest BCUT2D eigenvalue weighted by Gasteiger charge is -2.15. The molecule has 0 bridgehead atoms. The molecule has 0 saturated carbocycles. The van der Waals surface area contributed by atoms with Gasteiger partial charge in [0.15, 0.2) is 0 Å². The number of carbonyl (C=O) groups excluding carboxylic acids is 3. The van der Waals surface area contributed by atoms with E-state index in [2.05, 4.69) is 5.32 Å². The molecule has 2 amide bonds. The maximum atomic E-state index is 12.3. The molecule has 1 unspecified atom stereocenters. The highest BCUT2D eigenvalue weighted by molar-refractivity contribution is 6.48. The Bertz CT molecular complexity index is 759. The van der Waals surface area contributed by atoms with Gasteiger partial charge in [-0.3, -0.25) is 14.4 Å². The molecule has 2 aromatic rings. The first-order valence-corrected chi connectivity index (χ1v) is 7.41. The molecule has 1 aliphatic heterocycles. The predicted molar refractivity (Wildman–Crippen MR) is 87.4 cm³/mol. The van der Waals surface area contributed by atoms with Gasteiger partial charge in [0.05, 0.1) is 0 Å². The molecule has 1 fully saturated rings. The van der Waals surface area contributed by atoms with E-state index in [1.54, 1.807) is 48.5 Å². The maximum absolute atomic E-state index is 12.3. The monoisotopic (exact) mass is 328 g/mol. The van der Waals surface area contributed by atoms with Crippen LogP contribution in [0.3, 0.4) is 0 Å². The van der Waals surface area contributed by atoms with Crippen LogP contribution in [-0.4, -0.2) is 24.1 Å². The van der Waals surface area contributed by atoms with Crippen LogP contribution in [-0.2, 0) is 14.4 Å². The first-order chi connectivity index (χ1) is 11.1. The highest BCUT2D eigenvalue weighted by atomic mass is 35.5. The van der Waals surface area contributed by atoms with Crippen molar-refractivity contribution < 1.29 is 14.4 Å². The molecule has 23 heavy (non-hydrogen) atoms. The number of hydrogen-bond donors (Lipinski definition) is 1. The van der Waals surface area contributed by atoms with Crippen molar-refractivity contribution in [2.24, 2.45) is 5.92 Å². The molecule has 5 nitrogen and oxygen atoms in total. The van der Waals surface area contributed by atoms with Gasteiger partial charge in [0.1, 0.15) is 5.92 Å². The van der Waals surface area contributed by atoms with Gasteiger partial charge in [-0.05, 0) is 36.4 Å². The number of ketones is 1. The Morgan fingerprint density at radius 1 is 1.04 bits per heavy atom. The Hall–Kier alpha value is -2.66. The van der Waals surface area contributed by atoms with Gasteiger partial charge in [-0.15, -0.1) is 0 Å². The van der Waals surface area contributed by atoms with Gasteiger partial charge in [0.25, 0.3) is 5.91 Å². The van der Waals surface area contributed by atoms with Crippen LogP contribution >= 0.6 is 11.6 Å². The van der Waals surface area contributed by atoms with Crippen LogP contribution in [0.15, 0.2) is 54.6 Å². The van der Waals surface area contributed by atoms with Crippen LogP contribution in [0.4, 0.5) is 11.4 Å². The quantitative estimate of drug-likeness (QED) is 0.695. The van der Waals surface area contributed by atoms with Crippen LogP contribution < -0.4 is 10.2 Å². The molecular formula is C17H13ClN2O3. The zero-order valence-electron chi connectivity index (χ0n) is 12.0. The third-order valence-corrected chi connectivity index (χ3v) is 3.89. The number of benzene rings is 2. The zero-order chi connectivity index (χ0) is 16.4. The average molecular weight is 329 g/mol. The maximum Gasteiger partial charge on any atom is 0.295 e. The van der Waals surface area contributed by atoms with Gasteiger partial charge < -0.3 is 10.2 Å². The molecular weight excluding hydrogens is 316 g/mol. The van der Waals surface area contributed by atoms with Crippen molar-refractivity contribution >= 4 is 40.6 Å². The Labute approximate surface area is 137 Å². The van der Waals surface area contributed by atoms with Crippen molar-refractivity contribution in [2.75, 3.05) is 16.8 Å². The molecule has 1 saturated heterocycles. The number of amides is 2. The first kappa shape index (κ1) is 15.2. The summed E-state index contributed by atoms with van der Waals surface area (Å²) in [5.41, 5.74) is 1.13. The van der Waals surface area contributed by atoms with E-state index in [1.807, 2.05) is 6.07 Å². The zero-order valence-corrected chi connectivity index (χ0v) is 12.8. The molecule has 6 heteroatoms. The van der Waals surface area contributed by atoms with E-state index in [0.717, 1.165) is 0 Å². The van der Waals surface area contributed by atoms with E-state index < -0.39 is 23.5 Å². The number of rotatable bonds is 3. The number of para-hydroxylation sites is 1. The van der Waals surface area contributed by atoms with Crippen molar-refractivity contribution in [1.29, 1.82) is 0 Å². The van der Waals surface area contributed by atoms with E-state index in [1.165, 1.54) is 4.90 Å². The molecule has 0 spiro atoms. The van der Waals surface area contributed by atoms with Crippen LogP contribution in [0.25, 0.3) is 0 Å². The molecule has 1 N–H and O–H groups in total. The van der Waals surface area contributed by atoms with Crippen molar-refractivity contribution in [2.45, 2.75) is 0 Å². The molecule has 0 radical (unpaired) electrons. The number of Topliss-reactive ketones (excluding diaryl/α,β-unsaturated/α-hetero) is 1. The predicted octanol–water partition coefficient (Wildman–Crippen LogP) is 2.51. The second kappa shape index (κ2) is 6.22. The fraction of sp³-hybridized carbons (Fsp3) is 0.118. The number of nitrogens with zero attached hydrogens (tertiary/aromatic N) is 1. The summed E-state index contributed by atoms with van der Waals surface area (Å²) < 4.78 is 0. The fourth-order valence-corrected chi connectivity index (χ4v) is 2.55. The normalized spacial score (nSPS) is 17.4. The smallest absolute Gasteiger partial charge is 0.295 e. The van der Waals surface area contributed by atoms with Gasteiger partial charge in [-0.1, -0.05) is 29.8 Å². The fourth-order valence-electron chi connectivity index (χ4n) is 2.43. The number of anilines is 2. The van der Waals surface area contributed by atoms with Gasteiger partial charge in [-0.25, -0.2) is 0 Å². The van der Waals surface area contributed by atoms with Crippen LogP contribution in [0, 0.1) is 5.92 Å². The Morgan fingerprint density at radius 3 is 2.35 bits per heavy atom. The number of hydrogen-bond acceptors (Lipinski definition) is 3. The molecule has 1 aliphatic rings. The molecule has 0 aromatic heterocycles. The lowest BCUT2D eigenvalue weighted by atomic mass is 10.1. The SMILES string of the molecule is O=C(Nc1ccc(Cl)cc1)C1CN(c2ccccc2)C(=O)C1=O. The lowest BCUT2D eigenvalue weighted by molar-refractivity contribution is -0.138. The molecule has 2 aromatic carbocycles.